The molecule has 3 aromatic carbocycles. The molecule has 0 saturated carbocycles. The van der Waals surface area contributed by atoms with Gasteiger partial charge in [-0.25, -0.2) is 0 Å². The number of fused-ring (bicyclic) bond motifs is 1. The number of hydrogen-bond donors (Lipinski definition) is 1. The van der Waals surface area contributed by atoms with Gasteiger partial charge in [-0.05, 0) is 56.3 Å². The van der Waals surface area contributed by atoms with Crippen molar-refractivity contribution in [3.8, 4) is 17.6 Å². The third-order valence-corrected chi connectivity index (χ3v) is 6.82. The van der Waals surface area contributed by atoms with Crippen molar-refractivity contribution in [3.63, 3.8) is 0 Å². The molecule has 6 heteroatoms. The van der Waals surface area contributed by atoms with Gasteiger partial charge in [-0.3, -0.25) is 9.69 Å². The van der Waals surface area contributed by atoms with Crippen LogP contribution in [0.15, 0.2) is 83.3 Å². The van der Waals surface area contributed by atoms with Crippen molar-refractivity contribution in [1.82, 2.24) is 0 Å². The molecular formula is C30H29N3O3. The van der Waals surface area contributed by atoms with Crippen LogP contribution in [0.1, 0.15) is 44.6 Å². The maximum Gasteiger partial charge on any atom is 0.161 e. The highest BCUT2D eigenvalue weighted by Gasteiger charge is 2.41. The summed E-state index contributed by atoms with van der Waals surface area (Å²) in [4.78, 5) is 15.5. The molecule has 1 aliphatic heterocycles. The summed E-state index contributed by atoms with van der Waals surface area (Å²) in [7, 11) is 0. The highest BCUT2D eigenvalue weighted by Crippen LogP contribution is 2.49. The average Bonchev–Trinajstić information content (AvgIpc) is 2.89. The highest BCUT2D eigenvalue weighted by molar-refractivity contribution is 6.03. The van der Waals surface area contributed by atoms with Crippen LogP contribution >= 0.6 is 0 Å². The summed E-state index contributed by atoms with van der Waals surface area (Å²) in [6.45, 7) is 4.79. The first-order valence-electron chi connectivity index (χ1n) is 12.4. The molecular weight excluding hydrogens is 450 g/mol. The molecule has 1 aliphatic carbocycles. The number of ether oxygens (including phenoxy) is 2. The van der Waals surface area contributed by atoms with Crippen molar-refractivity contribution >= 4 is 22.2 Å². The van der Waals surface area contributed by atoms with Gasteiger partial charge < -0.3 is 15.2 Å². The summed E-state index contributed by atoms with van der Waals surface area (Å²) in [5.74, 6) is 1.04. The molecule has 0 spiro atoms. The van der Waals surface area contributed by atoms with Crippen LogP contribution in [0, 0.1) is 11.3 Å². The van der Waals surface area contributed by atoms with Gasteiger partial charge in [0.25, 0.3) is 0 Å². The lowest BCUT2D eigenvalue weighted by Gasteiger charge is -2.40. The van der Waals surface area contributed by atoms with Gasteiger partial charge in [-0.1, -0.05) is 36.4 Å². The second-order valence-corrected chi connectivity index (χ2v) is 8.88. The Morgan fingerprint density at radius 1 is 1.03 bits per heavy atom. The maximum absolute atomic E-state index is 13.6. The number of hydrogen-bond acceptors (Lipinski definition) is 6. The van der Waals surface area contributed by atoms with Gasteiger partial charge in [0.15, 0.2) is 5.78 Å². The summed E-state index contributed by atoms with van der Waals surface area (Å²) in [5, 5.41) is 12.5. The summed E-state index contributed by atoms with van der Waals surface area (Å²) in [5.41, 5.74) is 10.2. The van der Waals surface area contributed by atoms with Gasteiger partial charge in [0.05, 0.1) is 36.5 Å². The summed E-state index contributed by atoms with van der Waals surface area (Å²) in [6.07, 6.45) is 1.86. The van der Waals surface area contributed by atoms with E-state index in [9.17, 15) is 10.1 Å². The number of nitrogens with two attached hydrogens (primary N) is 1. The van der Waals surface area contributed by atoms with Gasteiger partial charge in [0.2, 0.25) is 0 Å². The zero-order chi connectivity index (χ0) is 25.2. The third-order valence-electron chi connectivity index (χ3n) is 6.82. The van der Waals surface area contributed by atoms with E-state index in [-0.39, 0.29) is 5.78 Å². The minimum Gasteiger partial charge on any atom is -0.494 e. The van der Waals surface area contributed by atoms with Gasteiger partial charge >= 0.3 is 0 Å². The SMILES string of the molecule is CCOc1ccc(OCC)c([C@@H]2C(C#N)=C(N)N(c3cccc4ccccc34)C3=C2C(=O)CCC3)c1. The molecule has 1 heterocycles. The number of Topliss-reactive ketones (excluding diaryl/α,β-unsaturated/α-hetero) is 1. The van der Waals surface area contributed by atoms with E-state index in [1.807, 2.05) is 79.4 Å². The van der Waals surface area contributed by atoms with Crippen molar-refractivity contribution in [2.75, 3.05) is 18.1 Å². The molecule has 0 fully saturated rings. The second kappa shape index (κ2) is 9.79. The number of rotatable bonds is 6. The monoisotopic (exact) mass is 479 g/mol. The Labute approximate surface area is 211 Å². The molecule has 0 unspecified atom stereocenters. The molecule has 0 amide bonds. The fourth-order valence-electron chi connectivity index (χ4n) is 5.37. The van der Waals surface area contributed by atoms with Crippen molar-refractivity contribution in [2.24, 2.45) is 5.73 Å². The summed E-state index contributed by atoms with van der Waals surface area (Å²) in [6, 6.07) is 22.0. The van der Waals surface area contributed by atoms with E-state index < -0.39 is 5.92 Å². The van der Waals surface area contributed by atoms with Crippen LogP contribution in [0.5, 0.6) is 11.5 Å². The standard InChI is InChI=1S/C30H29N3O3/c1-3-35-20-15-16-27(36-4-2)22(17-20)28-23(18-31)30(32)33(25-13-8-14-26(34)29(25)28)24-12-7-10-19-9-5-6-11-21(19)24/h5-7,9-12,15-17,28H,3-4,8,13-14,32H2,1-2H3/t28-/m1/s1. The number of benzene rings is 3. The van der Waals surface area contributed by atoms with Gasteiger partial charge in [0.1, 0.15) is 17.3 Å². The van der Waals surface area contributed by atoms with Crippen LogP contribution in [0.25, 0.3) is 10.8 Å². The molecule has 36 heavy (non-hydrogen) atoms. The Balaban J connectivity index is 1.79. The van der Waals surface area contributed by atoms with Crippen molar-refractivity contribution in [2.45, 2.75) is 39.0 Å². The molecule has 2 aliphatic rings. The molecule has 0 bridgehead atoms. The lowest BCUT2D eigenvalue weighted by Crippen LogP contribution is -2.39. The summed E-state index contributed by atoms with van der Waals surface area (Å²) < 4.78 is 11.7. The summed E-state index contributed by atoms with van der Waals surface area (Å²) >= 11 is 0. The highest BCUT2D eigenvalue weighted by atomic mass is 16.5. The fraction of sp³-hybridized carbons (Fsp3) is 0.267. The predicted molar refractivity (Wildman–Crippen MR) is 141 cm³/mol. The van der Waals surface area contributed by atoms with Crippen LogP contribution in [0.2, 0.25) is 0 Å². The lowest BCUT2D eigenvalue weighted by molar-refractivity contribution is -0.116. The molecule has 3 aromatic rings. The van der Waals surface area contributed by atoms with E-state index in [1.165, 1.54) is 0 Å². The normalized spacial score (nSPS) is 17.8. The van der Waals surface area contributed by atoms with Gasteiger partial charge in [0, 0.05) is 28.6 Å². The van der Waals surface area contributed by atoms with E-state index in [2.05, 4.69) is 6.07 Å². The number of nitriles is 1. The van der Waals surface area contributed by atoms with E-state index in [1.54, 1.807) is 0 Å². The van der Waals surface area contributed by atoms with Crippen molar-refractivity contribution in [1.29, 1.82) is 5.26 Å². The molecule has 6 nitrogen and oxygen atoms in total. The number of carbonyl (C=O) groups is 1. The van der Waals surface area contributed by atoms with E-state index in [0.717, 1.165) is 34.1 Å². The number of ketones is 1. The fourth-order valence-corrected chi connectivity index (χ4v) is 5.37. The van der Waals surface area contributed by atoms with Gasteiger partial charge in [-0.2, -0.15) is 5.26 Å². The van der Waals surface area contributed by atoms with Crippen LogP contribution in [-0.4, -0.2) is 19.0 Å². The predicted octanol–water partition coefficient (Wildman–Crippen LogP) is 5.94. The molecule has 0 aromatic heterocycles. The topological polar surface area (TPSA) is 88.6 Å². The smallest absolute Gasteiger partial charge is 0.161 e. The maximum atomic E-state index is 13.6. The number of anilines is 1. The Bertz CT molecular complexity index is 1440. The number of carbonyl (C=O) groups excluding carboxylic acids is 1. The van der Waals surface area contributed by atoms with E-state index in [4.69, 9.17) is 15.2 Å². The van der Waals surface area contributed by atoms with Gasteiger partial charge in [-0.15, -0.1) is 0 Å². The molecule has 0 radical (unpaired) electrons. The van der Waals surface area contributed by atoms with Crippen LogP contribution in [-0.2, 0) is 4.79 Å². The van der Waals surface area contributed by atoms with Crippen molar-refractivity contribution in [3.05, 3.63) is 88.9 Å². The minimum absolute atomic E-state index is 0.0380. The van der Waals surface area contributed by atoms with Crippen LogP contribution in [0.4, 0.5) is 5.69 Å². The first-order valence-corrected chi connectivity index (χ1v) is 12.4. The first-order chi connectivity index (χ1) is 17.6. The van der Waals surface area contributed by atoms with Crippen LogP contribution < -0.4 is 20.1 Å². The first kappa shape index (κ1) is 23.5. The largest absolute Gasteiger partial charge is 0.494 e. The van der Waals surface area contributed by atoms with Crippen molar-refractivity contribution < 1.29 is 14.3 Å². The van der Waals surface area contributed by atoms with Crippen LogP contribution in [0.3, 0.4) is 0 Å². The Morgan fingerprint density at radius 3 is 2.58 bits per heavy atom. The number of allylic oxidation sites excluding steroid dienone is 3. The number of nitrogens with zero attached hydrogens (tertiary/aromatic N) is 2. The Kier molecular flexibility index (Phi) is 6.39. The molecule has 182 valence electrons. The zero-order valence-electron chi connectivity index (χ0n) is 20.6. The van der Waals surface area contributed by atoms with E-state index >= 15 is 0 Å². The molecule has 5 rings (SSSR count). The second-order valence-electron chi connectivity index (χ2n) is 8.88. The quantitative estimate of drug-likeness (QED) is 0.471. The van der Waals surface area contributed by atoms with E-state index in [0.29, 0.717) is 54.5 Å². The lowest BCUT2D eigenvalue weighted by atomic mass is 9.75. The zero-order valence-corrected chi connectivity index (χ0v) is 20.6. The molecule has 0 saturated heterocycles. The Hall–Kier alpha value is -4.24. The third kappa shape index (κ3) is 3.87. The molecule has 1 atom stereocenters. The Morgan fingerprint density at radius 2 is 1.81 bits per heavy atom. The molecule has 2 N–H and O–H groups in total. The minimum atomic E-state index is -0.619. The average molecular weight is 480 g/mol.